The predicted octanol–water partition coefficient (Wildman–Crippen LogP) is 2.50. The molecule has 0 aliphatic rings. The van der Waals surface area contributed by atoms with Crippen LogP contribution in [0, 0.1) is 3.57 Å². The summed E-state index contributed by atoms with van der Waals surface area (Å²) >= 11 is 2.22. The highest BCUT2D eigenvalue weighted by Crippen LogP contribution is 2.23. The number of halogens is 1. The standard InChI is InChI=1S/C11H11IN4O/c1-14-9-6-10(16-11(13)15-9)17-8-4-2-3-7(12)5-8/h2-6H,1H3,(H3,13,14,15,16). The van der Waals surface area contributed by atoms with Crippen LogP contribution >= 0.6 is 22.6 Å². The molecule has 6 heteroatoms. The van der Waals surface area contributed by atoms with E-state index in [0.717, 1.165) is 9.32 Å². The van der Waals surface area contributed by atoms with Gasteiger partial charge >= 0.3 is 0 Å². The highest BCUT2D eigenvalue weighted by molar-refractivity contribution is 14.1. The van der Waals surface area contributed by atoms with Gasteiger partial charge in [-0.3, -0.25) is 0 Å². The molecule has 0 aliphatic heterocycles. The van der Waals surface area contributed by atoms with Crippen LogP contribution in [0.3, 0.4) is 0 Å². The molecule has 88 valence electrons. The van der Waals surface area contributed by atoms with E-state index in [1.165, 1.54) is 0 Å². The van der Waals surface area contributed by atoms with E-state index in [0.29, 0.717) is 11.7 Å². The molecule has 0 spiro atoms. The third-order valence-corrected chi connectivity index (χ3v) is 2.67. The van der Waals surface area contributed by atoms with Gasteiger partial charge in [0, 0.05) is 16.7 Å². The van der Waals surface area contributed by atoms with Gasteiger partial charge in [0.1, 0.15) is 11.6 Å². The van der Waals surface area contributed by atoms with Crippen molar-refractivity contribution in [1.82, 2.24) is 9.97 Å². The van der Waals surface area contributed by atoms with Crippen molar-refractivity contribution in [2.24, 2.45) is 0 Å². The van der Waals surface area contributed by atoms with Gasteiger partial charge in [-0.15, -0.1) is 0 Å². The third kappa shape index (κ3) is 3.19. The highest BCUT2D eigenvalue weighted by Gasteiger charge is 2.03. The maximum atomic E-state index is 5.61. The van der Waals surface area contributed by atoms with Gasteiger partial charge < -0.3 is 15.8 Å². The molecule has 5 nitrogen and oxygen atoms in total. The Labute approximate surface area is 113 Å². The van der Waals surface area contributed by atoms with Crippen molar-refractivity contribution in [1.29, 1.82) is 0 Å². The first-order chi connectivity index (χ1) is 8.17. The number of nitrogens with one attached hydrogen (secondary N) is 1. The largest absolute Gasteiger partial charge is 0.439 e. The first-order valence-electron chi connectivity index (χ1n) is 4.93. The molecule has 17 heavy (non-hydrogen) atoms. The zero-order chi connectivity index (χ0) is 12.3. The Morgan fingerprint density at radius 2 is 2.12 bits per heavy atom. The van der Waals surface area contributed by atoms with E-state index in [4.69, 9.17) is 10.5 Å². The number of hydrogen-bond donors (Lipinski definition) is 2. The van der Waals surface area contributed by atoms with Gasteiger partial charge in [-0.1, -0.05) is 6.07 Å². The van der Waals surface area contributed by atoms with Gasteiger partial charge in [0.05, 0.1) is 0 Å². The molecule has 0 unspecified atom stereocenters. The summed E-state index contributed by atoms with van der Waals surface area (Å²) in [5.41, 5.74) is 5.57. The molecule has 0 bridgehead atoms. The molecule has 2 aromatic rings. The SMILES string of the molecule is CNc1cc(Oc2cccc(I)c2)nc(N)n1. The smallest absolute Gasteiger partial charge is 0.226 e. The second-order valence-corrected chi connectivity index (χ2v) is 4.50. The molecule has 0 amide bonds. The van der Waals surface area contributed by atoms with E-state index in [1.807, 2.05) is 24.3 Å². The number of nitrogens with two attached hydrogens (primary N) is 1. The van der Waals surface area contributed by atoms with Gasteiger partial charge in [0.2, 0.25) is 11.8 Å². The summed E-state index contributed by atoms with van der Waals surface area (Å²) in [7, 11) is 1.76. The molecule has 1 heterocycles. The average Bonchev–Trinajstić information content (AvgIpc) is 2.28. The minimum Gasteiger partial charge on any atom is -0.439 e. The summed E-state index contributed by atoms with van der Waals surface area (Å²) < 4.78 is 6.70. The fourth-order valence-electron chi connectivity index (χ4n) is 1.27. The minimum absolute atomic E-state index is 0.178. The summed E-state index contributed by atoms with van der Waals surface area (Å²) in [6.07, 6.45) is 0. The summed E-state index contributed by atoms with van der Waals surface area (Å²) in [5.74, 6) is 1.94. The van der Waals surface area contributed by atoms with E-state index in [-0.39, 0.29) is 5.95 Å². The van der Waals surface area contributed by atoms with Crippen molar-refractivity contribution in [2.75, 3.05) is 18.1 Å². The quantitative estimate of drug-likeness (QED) is 0.839. The van der Waals surface area contributed by atoms with Gasteiger partial charge in [-0.05, 0) is 40.8 Å². The Hall–Kier alpha value is -1.57. The number of benzene rings is 1. The Morgan fingerprint density at radius 1 is 1.29 bits per heavy atom. The van der Waals surface area contributed by atoms with Gasteiger partial charge in [0.15, 0.2) is 0 Å². The Bertz CT molecular complexity index is 533. The maximum Gasteiger partial charge on any atom is 0.226 e. The lowest BCUT2D eigenvalue weighted by Crippen LogP contribution is -2.01. The van der Waals surface area contributed by atoms with Crippen LogP contribution in [0.15, 0.2) is 30.3 Å². The number of aromatic nitrogens is 2. The van der Waals surface area contributed by atoms with Crippen molar-refractivity contribution in [3.05, 3.63) is 33.9 Å². The molecular weight excluding hydrogens is 331 g/mol. The zero-order valence-electron chi connectivity index (χ0n) is 9.14. The number of anilines is 2. The summed E-state index contributed by atoms with van der Waals surface area (Å²) in [5, 5.41) is 2.89. The van der Waals surface area contributed by atoms with Gasteiger partial charge in [0.25, 0.3) is 0 Å². The summed E-state index contributed by atoms with van der Waals surface area (Å²) in [4.78, 5) is 7.99. The van der Waals surface area contributed by atoms with Crippen molar-refractivity contribution in [3.63, 3.8) is 0 Å². The molecule has 0 fully saturated rings. The molecule has 0 aliphatic carbocycles. The first-order valence-corrected chi connectivity index (χ1v) is 6.01. The highest BCUT2D eigenvalue weighted by atomic mass is 127. The van der Waals surface area contributed by atoms with E-state index in [9.17, 15) is 0 Å². The van der Waals surface area contributed by atoms with Crippen molar-refractivity contribution < 1.29 is 4.74 Å². The Kier molecular flexibility index (Phi) is 3.62. The monoisotopic (exact) mass is 342 g/mol. The van der Waals surface area contributed by atoms with Crippen molar-refractivity contribution in [2.45, 2.75) is 0 Å². The molecular formula is C11H11IN4O. The normalized spacial score (nSPS) is 10.0. The predicted molar refractivity (Wildman–Crippen MR) is 75.2 cm³/mol. The van der Waals surface area contributed by atoms with Crippen LogP contribution in [0.2, 0.25) is 0 Å². The summed E-state index contributed by atoms with van der Waals surface area (Å²) in [6.45, 7) is 0. The maximum absolute atomic E-state index is 5.61. The van der Waals surface area contributed by atoms with Crippen molar-refractivity contribution in [3.8, 4) is 11.6 Å². The molecule has 0 atom stereocenters. The number of nitrogen functional groups attached to an aromatic ring is 1. The molecule has 0 saturated carbocycles. The number of nitrogens with zero attached hydrogens (tertiary/aromatic N) is 2. The fourth-order valence-corrected chi connectivity index (χ4v) is 1.79. The topological polar surface area (TPSA) is 73.1 Å². The molecule has 0 saturated heterocycles. The lowest BCUT2D eigenvalue weighted by Gasteiger charge is -2.07. The number of hydrogen-bond acceptors (Lipinski definition) is 5. The first kappa shape index (κ1) is 11.9. The minimum atomic E-state index is 0.178. The zero-order valence-corrected chi connectivity index (χ0v) is 11.3. The second kappa shape index (κ2) is 5.17. The second-order valence-electron chi connectivity index (χ2n) is 3.26. The average molecular weight is 342 g/mol. The molecule has 3 N–H and O–H groups in total. The fraction of sp³-hybridized carbons (Fsp3) is 0.0909. The van der Waals surface area contributed by atoms with E-state index in [2.05, 4.69) is 37.9 Å². The van der Waals surface area contributed by atoms with Crippen LogP contribution in [-0.4, -0.2) is 17.0 Å². The van der Waals surface area contributed by atoms with Crippen LogP contribution in [0.1, 0.15) is 0 Å². The third-order valence-electron chi connectivity index (χ3n) is 1.99. The van der Waals surface area contributed by atoms with Crippen molar-refractivity contribution >= 4 is 34.4 Å². The van der Waals surface area contributed by atoms with Gasteiger partial charge in [-0.25, -0.2) is 0 Å². The van der Waals surface area contributed by atoms with Crippen LogP contribution in [0.5, 0.6) is 11.6 Å². The van der Waals surface area contributed by atoms with Crippen LogP contribution < -0.4 is 15.8 Å². The summed E-state index contributed by atoms with van der Waals surface area (Å²) in [6, 6.07) is 9.37. The molecule has 2 rings (SSSR count). The Balaban J connectivity index is 2.26. The van der Waals surface area contributed by atoms with Gasteiger partial charge in [-0.2, -0.15) is 9.97 Å². The molecule has 0 radical (unpaired) electrons. The Morgan fingerprint density at radius 3 is 2.82 bits per heavy atom. The van der Waals surface area contributed by atoms with Crippen LogP contribution in [0.4, 0.5) is 11.8 Å². The molecule has 1 aromatic carbocycles. The van der Waals surface area contributed by atoms with E-state index in [1.54, 1.807) is 13.1 Å². The number of rotatable bonds is 3. The van der Waals surface area contributed by atoms with E-state index < -0.39 is 0 Å². The number of ether oxygens (including phenoxy) is 1. The lowest BCUT2D eigenvalue weighted by atomic mass is 10.3. The van der Waals surface area contributed by atoms with E-state index >= 15 is 0 Å². The van der Waals surface area contributed by atoms with Crippen LogP contribution in [-0.2, 0) is 0 Å². The molecule has 1 aromatic heterocycles. The lowest BCUT2D eigenvalue weighted by molar-refractivity contribution is 0.462. The van der Waals surface area contributed by atoms with Crippen LogP contribution in [0.25, 0.3) is 0 Å².